The first-order valence-corrected chi connectivity index (χ1v) is 7.69. The molecular weight excluding hydrogens is 244 g/mol. The first kappa shape index (κ1) is 13.4. The lowest BCUT2D eigenvalue weighted by atomic mass is 9.73. The number of benzene rings is 1. The van der Waals surface area contributed by atoms with Crippen molar-refractivity contribution in [2.24, 2.45) is 5.41 Å². The van der Waals surface area contributed by atoms with Crippen LogP contribution in [0.5, 0.6) is 0 Å². The monoisotopic (exact) mass is 268 g/mol. The minimum Gasteiger partial charge on any atom is -0.367 e. The van der Waals surface area contributed by atoms with Crippen LogP contribution >= 0.6 is 0 Å². The number of aryl methyl sites for hydroxylation is 1. The van der Waals surface area contributed by atoms with Gasteiger partial charge in [0, 0.05) is 11.4 Å². The van der Waals surface area contributed by atoms with Gasteiger partial charge in [0.1, 0.15) is 5.82 Å². The highest BCUT2D eigenvalue weighted by Gasteiger charge is 2.32. The number of pyridine rings is 1. The molecule has 3 rings (SSSR count). The number of hydrogen-bond acceptors (Lipinski definition) is 2. The van der Waals surface area contributed by atoms with E-state index in [1.165, 1.54) is 36.6 Å². The third-order valence-corrected chi connectivity index (χ3v) is 4.73. The quantitative estimate of drug-likeness (QED) is 0.836. The second-order valence-electron chi connectivity index (χ2n) is 6.78. The number of anilines is 1. The normalized spacial score (nSPS) is 21.9. The number of rotatable bonds is 2. The van der Waals surface area contributed by atoms with Crippen molar-refractivity contribution in [3.63, 3.8) is 0 Å². The smallest absolute Gasteiger partial charge is 0.129 e. The fourth-order valence-corrected chi connectivity index (χ4v) is 3.29. The van der Waals surface area contributed by atoms with Crippen LogP contribution in [-0.4, -0.2) is 11.0 Å². The van der Waals surface area contributed by atoms with E-state index >= 15 is 0 Å². The van der Waals surface area contributed by atoms with Crippen LogP contribution in [-0.2, 0) is 0 Å². The van der Waals surface area contributed by atoms with Crippen molar-refractivity contribution in [1.82, 2.24) is 4.98 Å². The zero-order chi connectivity index (χ0) is 14.2. The molecule has 1 aliphatic rings. The third kappa shape index (κ3) is 2.52. The van der Waals surface area contributed by atoms with Crippen molar-refractivity contribution in [2.75, 3.05) is 5.32 Å². The lowest BCUT2D eigenvalue weighted by molar-refractivity contribution is 0.216. The van der Waals surface area contributed by atoms with Crippen LogP contribution < -0.4 is 5.32 Å². The summed E-state index contributed by atoms with van der Waals surface area (Å²) in [6.07, 6.45) is 5.24. The SMILES string of the molecule is Cc1cc2ccccc2nc1NC1CCCCC1(C)C. The number of aromatic nitrogens is 1. The summed E-state index contributed by atoms with van der Waals surface area (Å²) >= 11 is 0. The van der Waals surface area contributed by atoms with Gasteiger partial charge in [-0.15, -0.1) is 0 Å². The number of hydrogen-bond donors (Lipinski definition) is 1. The molecule has 0 aliphatic heterocycles. The number of nitrogens with one attached hydrogen (secondary N) is 1. The summed E-state index contributed by atoms with van der Waals surface area (Å²) in [5.74, 6) is 1.06. The first-order chi connectivity index (χ1) is 9.56. The maximum atomic E-state index is 4.82. The van der Waals surface area contributed by atoms with Gasteiger partial charge in [-0.25, -0.2) is 4.98 Å². The Morgan fingerprint density at radius 3 is 2.80 bits per heavy atom. The van der Waals surface area contributed by atoms with E-state index in [0.29, 0.717) is 11.5 Å². The largest absolute Gasteiger partial charge is 0.367 e. The molecule has 0 amide bonds. The fraction of sp³-hybridized carbons (Fsp3) is 0.500. The molecular formula is C18H24N2. The Bertz CT molecular complexity index is 616. The molecule has 1 unspecified atom stereocenters. The summed E-state index contributed by atoms with van der Waals surface area (Å²) < 4.78 is 0. The van der Waals surface area contributed by atoms with Crippen molar-refractivity contribution in [3.8, 4) is 0 Å². The highest BCUT2D eigenvalue weighted by Crippen LogP contribution is 2.37. The van der Waals surface area contributed by atoms with E-state index in [1.54, 1.807) is 0 Å². The molecule has 2 heteroatoms. The Balaban J connectivity index is 1.92. The van der Waals surface area contributed by atoms with Crippen LogP contribution in [0, 0.1) is 12.3 Å². The molecule has 20 heavy (non-hydrogen) atoms. The molecule has 1 saturated carbocycles. The summed E-state index contributed by atoms with van der Waals surface area (Å²) in [6, 6.07) is 11.1. The predicted octanol–water partition coefficient (Wildman–Crippen LogP) is 4.92. The third-order valence-electron chi connectivity index (χ3n) is 4.73. The van der Waals surface area contributed by atoms with E-state index in [0.717, 1.165) is 11.3 Å². The van der Waals surface area contributed by atoms with Gasteiger partial charge < -0.3 is 5.32 Å². The average molecular weight is 268 g/mol. The zero-order valence-corrected chi connectivity index (χ0v) is 12.7. The van der Waals surface area contributed by atoms with Gasteiger partial charge in [0.2, 0.25) is 0 Å². The van der Waals surface area contributed by atoms with Gasteiger partial charge in [0.15, 0.2) is 0 Å². The molecule has 1 fully saturated rings. The molecule has 106 valence electrons. The zero-order valence-electron chi connectivity index (χ0n) is 12.7. The predicted molar refractivity (Wildman–Crippen MR) is 86.1 cm³/mol. The van der Waals surface area contributed by atoms with E-state index in [4.69, 9.17) is 4.98 Å². The molecule has 0 spiro atoms. The highest BCUT2D eigenvalue weighted by molar-refractivity contribution is 5.81. The van der Waals surface area contributed by atoms with E-state index < -0.39 is 0 Å². The van der Waals surface area contributed by atoms with Crippen LogP contribution in [0.25, 0.3) is 10.9 Å². The van der Waals surface area contributed by atoms with Crippen LogP contribution in [0.3, 0.4) is 0 Å². The summed E-state index contributed by atoms with van der Waals surface area (Å²) in [6.45, 7) is 6.90. The molecule has 1 aromatic carbocycles. The highest BCUT2D eigenvalue weighted by atomic mass is 15.0. The Labute approximate surface area is 121 Å². The second kappa shape index (κ2) is 5.08. The Morgan fingerprint density at radius 2 is 2.00 bits per heavy atom. The summed E-state index contributed by atoms with van der Waals surface area (Å²) in [5, 5.41) is 4.94. The maximum absolute atomic E-state index is 4.82. The van der Waals surface area contributed by atoms with Crippen LogP contribution in [0.4, 0.5) is 5.82 Å². The van der Waals surface area contributed by atoms with Gasteiger partial charge >= 0.3 is 0 Å². The fourth-order valence-electron chi connectivity index (χ4n) is 3.29. The van der Waals surface area contributed by atoms with E-state index in [-0.39, 0.29) is 0 Å². The lowest BCUT2D eigenvalue weighted by Crippen LogP contribution is -2.39. The molecule has 0 saturated heterocycles. The van der Waals surface area contributed by atoms with Crippen LogP contribution in [0.1, 0.15) is 45.1 Å². The Kier molecular flexibility index (Phi) is 3.41. The minimum absolute atomic E-state index is 0.359. The molecule has 1 aliphatic carbocycles. The van der Waals surface area contributed by atoms with Gasteiger partial charge in [-0.1, -0.05) is 44.9 Å². The Hall–Kier alpha value is -1.57. The van der Waals surface area contributed by atoms with Gasteiger partial charge in [-0.05, 0) is 42.9 Å². The molecule has 1 heterocycles. The topological polar surface area (TPSA) is 24.9 Å². The van der Waals surface area contributed by atoms with Gasteiger partial charge in [0.05, 0.1) is 5.52 Å². The molecule has 1 aromatic heterocycles. The van der Waals surface area contributed by atoms with Gasteiger partial charge in [0.25, 0.3) is 0 Å². The van der Waals surface area contributed by atoms with Crippen LogP contribution in [0.15, 0.2) is 30.3 Å². The van der Waals surface area contributed by atoms with Crippen LogP contribution in [0.2, 0.25) is 0 Å². The summed E-state index contributed by atoms with van der Waals surface area (Å²) in [4.78, 5) is 4.82. The molecule has 2 aromatic rings. The lowest BCUT2D eigenvalue weighted by Gasteiger charge is -2.39. The molecule has 0 radical (unpaired) electrons. The maximum Gasteiger partial charge on any atom is 0.129 e. The first-order valence-electron chi connectivity index (χ1n) is 7.69. The van der Waals surface area contributed by atoms with Crippen molar-refractivity contribution in [3.05, 3.63) is 35.9 Å². The average Bonchev–Trinajstić information content (AvgIpc) is 2.41. The van der Waals surface area contributed by atoms with Crippen molar-refractivity contribution in [2.45, 2.75) is 52.5 Å². The number of nitrogens with zero attached hydrogens (tertiary/aromatic N) is 1. The van der Waals surface area contributed by atoms with Crippen molar-refractivity contribution < 1.29 is 0 Å². The molecule has 1 N–H and O–H groups in total. The molecule has 2 nitrogen and oxygen atoms in total. The van der Waals surface area contributed by atoms with Gasteiger partial charge in [-0.2, -0.15) is 0 Å². The molecule has 1 atom stereocenters. The minimum atomic E-state index is 0.359. The number of para-hydroxylation sites is 1. The second-order valence-corrected chi connectivity index (χ2v) is 6.78. The van der Waals surface area contributed by atoms with E-state index in [1.807, 2.05) is 0 Å². The van der Waals surface area contributed by atoms with Crippen molar-refractivity contribution in [1.29, 1.82) is 0 Å². The van der Waals surface area contributed by atoms with E-state index in [2.05, 4.69) is 56.4 Å². The van der Waals surface area contributed by atoms with Crippen molar-refractivity contribution >= 4 is 16.7 Å². The summed E-state index contributed by atoms with van der Waals surface area (Å²) in [7, 11) is 0. The standard InChI is InChI=1S/C18H24N2/c1-13-12-14-8-4-5-9-15(14)19-17(13)20-16-10-6-7-11-18(16,2)3/h4-5,8-9,12,16H,6-7,10-11H2,1-3H3,(H,19,20). The van der Waals surface area contributed by atoms with E-state index in [9.17, 15) is 0 Å². The summed E-state index contributed by atoms with van der Waals surface area (Å²) in [5.41, 5.74) is 2.68. The number of fused-ring (bicyclic) bond motifs is 1. The Morgan fingerprint density at radius 1 is 1.20 bits per heavy atom. The van der Waals surface area contributed by atoms with Gasteiger partial charge in [-0.3, -0.25) is 0 Å². The molecule has 0 bridgehead atoms.